The van der Waals surface area contributed by atoms with Gasteiger partial charge in [0.1, 0.15) is 42.7 Å². The molecule has 1 aliphatic carbocycles. The number of ether oxygens (including phenoxy) is 2. The minimum atomic E-state index is -5.02. The number of hydrogen-bond donors (Lipinski definition) is 6. The van der Waals surface area contributed by atoms with Gasteiger partial charge in [-0.25, -0.2) is 4.57 Å². The number of aliphatic hydroxyl groups excluding tert-OH is 5. The van der Waals surface area contributed by atoms with Crippen molar-refractivity contribution >= 4 is 13.8 Å². The first-order valence-electron chi connectivity index (χ1n) is 21.0. The Morgan fingerprint density at radius 1 is 0.600 bits per heavy atom. The molecule has 0 aliphatic heterocycles. The first kappa shape index (κ1) is 51.3. The predicted octanol–water partition coefficient (Wildman–Crippen LogP) is 7.69. The first-order valence-corrected chi connectivity index (χ1v) is 22.5. The Balaban J connectivity index is 2.45. The van der Waals surface area contributed by atoms with Crippen LogP contribution in [0.25, 0.3) is 0 Å². The summed E-state index contributed by atoms with van der Waals surface area (Å²) >= 11 is 0. The number of unbranched alkanes of at least 4 members (excludes halogenated alkanes) is 14. The van der Waals surface area contributed by atoms with Crippen molar-refractivity contribution in [2.75, 3.05) is 19.8 Å². The average molecular weight is 803 g/mol. The van der Waals surface area contributed by atoms with Gasteiger partial charge in [0, 0.05) is 13.0 Å². The molecule has 12 nitrogen and oxygen atoms in total. The Morgan fingerprint density at radius 3 is 1.65 bits per heavy atom. The Hall–Kier alpha value is -1.70. The lowest BCUT2D eigenvalue weighted by molar-refractivity contribution is -0.220. The first-order chi connectivity index (χ1) is 26.5. The van der Waals surface area contributed by atoms with Crippen LogP contribution in [-0.4, -0.2) is 98.9 Å². The highest BCUT2D eigenvalue weighted by molar-refractivity contribution is 7.47. The minimum absolute atomic E-state index is 0.0903. The largest absolute Gasteiger partial charge is 0.472 e. The number of carbonyl (C=O) groups excluding carboxylic acids is 1. The maximum Gasteiger partial charge on any atom is 0.472 e. The number of rotatable bonds is 34. The standard InChI is InChI=1S/C42H75O12P/c1-3-5-7-9-11-13-15-17-18-19-20-22-24-26-28-30-32-51-33-35(53-36(43)31-29-27-25-23-21-16-14-12-10-8-6-4-2)34-52-55(49,50)54-42-40(47)38(45)37(44)39(46)41(42)48/h5,7,11-14,17-18,35,37-42,44-48H,3-4,6,8-10,15-16,19-34H2,1-2H3,(H,49,50)/b7-5-,13-11-,14-12-,18-17-. The van der Waals surface area contributed by atoms with Crippen molar-refractivity contribution in [1.29, 1.82) is 0 Å². The lowest BCUT2D eigenvalue weighted by Crippen LogP contribution is -2.64. The maximum atomic E-state index is 12.8. The minimum Gasteiger partial charge on any atom is -0.457 e. The third-order valence-corrected chi connectivity index (χ3v) is 10.4. The van der Waals surface area contributed by atoms with E-state index in [4.69, 9.17) is 18.5 Å². The molecule has 0 aromatic rings. The van der Waals surface area contributed by atoms with Gasteiger partial charge in [-0.1, -0.05) is 120 Å². The lowest BCUT2D eigenvalue weighted by Gasteiger charge is -2.41. The molecule has 6 N–H and O–H groups in total. The van der Waals surface area contributed by atoms with E-state index in [1.807, 2.05) is 0 Å². The normalized spacial score (nSPS) is 23.7. The second-order valence-electron chi connectivity index (χ2n) is 14.5. The summed E-state index contributed by atoms with van der Waals surface area (Å²) < 4.78 is 34.0. The number of phosphoric ester groups is 1. The van der Waals surface area contributed by atoms with Crippen LogP contribution in [0.15, 0.2) is 48.6 Å². The number of esters is 1. The van der Waals surface area contributed by atoms with E-state index in [2.05, 4.69) is 62.5 Å². The molecule has 320 valence electrons. The van der Waals surface area contributed by atoms with E-state index < -0.39 is 63.1 Å². The van der Waals surface area contributed by atoms with Gasteiger partial charge in [0.2, 0.25) is 0 Å². The summed E-state index contributed by atoms with van der Waals surface area (Å²) in [6.45, 7) is 4.06. The van der Waals surface area contributed by atoms with E-state index in [1.165, 1.54) is 19.3 Å². The van der Waals surface area contributed by atoms with Gasteiger partial charge in [-0.3, -0.25) is 13.8 Å². The Labute approximate surface area is 331 Å². The lowest BCUT2D eigenvalue weighted by atomic mass is 9.85. The van der Waals surface area contributed by atoms with Gasteiger partial charge >= 0.3 is 13.8 Å². The van der Waals surface area contributed by atoms with Gasteiger partial charge in [0.15, 0.2) is 0 Å². The highest BCUT2D eigenvalue weighted by Gasteiger charge is 2.51. The van der Waals surface area contributed by atoms with Crippen molar-refractivity contribution < 1.29 is 58.3 Å². The van der Waals surface area contributed by atoms with Crippen LogP contribution in [0, 0.1) is 0 Å². The number of phosphoric acid groups is 1. The third-order valence-electron chi connectivity index (χ3n) is 9.44. The monoisotopic (exact) mass is 802 g/mol. The molecule has 0 saturated heterocycles. The van der Waals surface area contributed by atoms with Crippen LogP contribution in [0.3, 0.4) is 0 Å². The van der Waals surface area contributed by atoms with Gasteiger partial charge in [0.25, 0.3) is 0 Å². The van der Waals surface area contributed by atoms with Gasteiger partial charge in [-0.05, 0) is 70.6 Å². The summed E-state index contributed by atoms with van der Waals surface area (Å²) in [6, 6.07) is 0. The summed E-state index contributed by atoms with van der Waals surface area (Å²) in [5.74, 6) is -0.495. The van der Waals surface area contributed by atoms with Crippen LogP contribution in [0.5, 0.6) is 0 Å². The van der Waals surface area contributed by atoms with Crippen molar-refractivity contribution in [3.63, 3.8) is 0 Å². The van der Waals surface area contributed by atoms with Crippen LogP contribution in [0.4, 0.5) is 0 Å². The molecule has 6 unspecified atom stereocenters. The third kappa shape index (κ3) is 26.0. The van der Waals surface area contributed by atoms with E-state index in [0.717, 1.165) is 103 Å². The summed E-state index contributed by atoms with van der Waals surface area (Å²) in [7, 11) is -5.02. The number of allylic oxidation sites excluding steroid dienone is 8. The van der Waals surface area contributed by atoms with Crippen molar-refractivity contribution in [3.8, 4) is 0 Å². The fourth-order valence-electron chi connectivity index (χ4n) is 6.07. The van der Waals surface area contributed by atoms with E-state index in [1.54, 1.807) is 0 Å². The molecule has 0 radical (unpaired) electrons. The molecular formula is C42H75O12P. The summed E-state index contributed by atoms with van der Waals surface area (Å²) in [5, 5.41) is 50.0. The zero-order chi connectivity index (χ0) is 40.6. The molecule has 0 heterocycles. The molecule has 0 aromatic heterocycles. The molecular weight excluding hydrogens is 727 g/mol. The molecule has 0 spiro atoms. The maximum absolute atomic E-state index is 12.8. The van der Waals surface area contributed by atoms with Crippen LogP contribution in [-0.2, 0) is 27.9 Å². The SMILES string of the molecule is CC/C=C\C/C=C\C/C=C\CCCCCCCCOCC(COP(=O)(O)OC1C(O)C(O)C(O)C(O)C1O)OC(=O)CCCCCCC/C=C\CCCCC. The molecule has 0 aromatic carbocycles. The topological polar surface area (TPSA) is 192 Å². The highest BCUT2D eigenvalue weighted by Crippen LogP contribution is 2.47. The molecule has 0 amide bonds. The Morgan fingerprint density at radius 2 is 1.07 bits per heavy atom. The van der Waals surface area contributed by atoms with Crippen LogP contribution in [0.2, 0.25) is 0 Å². The molecule has 1 rings (SSSR count). The zero-order valence-corrected chi connectivity index (χ0v) is 34.6. The zero-order valence-electron chi connectivity index (χ0n) is 33.7. The summed E-state index contributed by atoms with van der Waals surface area (Å²) in [5.41, 5.74) is 0. The second-order valence-corrected chi connectivity index (χ2v) is 15.9. The van der Waals surface area contributed by atoms with Gasteiger partial charge in [-0.2, -0.15) is 0 Å². The van der Waals surface area contributed by atoms with E-state index in [0.29, 0.717) is 13.0 Å². The molecule has 1 fully saturated rings. The highest BCUT2D eigenvalue weighted by atomic mass is 31.2. The van der Waals surface area contributed by atoms with Gasteiger partial charge < -0.3 is 39.9 Å². The Bertz CT molecular complexity index is 1100. The van der Waals surface area contributed by atoms with Crippen molar-refractivity contribution in [2.45, 2.75) is 191 Å². The van der Waals surface area contributed by atoms with E-state index in [9.17, 15) is 39.8 Å². The molecule has 6 atom stereocenters. The van der Waals surface area contributed by atoms with Crippen LogP contribution >= 0.6 is 7.82 Å². The van der Waals surface area contributed by atoms with Crippen LogP contribution < -0.4 is 0 Å². The predicted molar refractivity (Wildman–Crippen MR) is 216 cm³/mol. The smallest absolute Gasteiger partial charge is 0.457 e. The quantitative estimate of drug-likeness (QED) is 0.0161. The van der Waals surface area contributed by atoms with Gasteiger partial charge in [0.05, 0.1) is 13.2 Å². The van der Waals surface area contributed by atoms with Crippen LogP contribution in [0.1, 0.15) is 149 Å². The second kappa shape index (κ2) is 33.3. The molecule has 13 heteroatoms. The fourth-order valence-corrected chi connectivity index (χ4v) is 7.04. The van der Waals surface area contributed by atoms with E-state index >= 15 is 0 Å². The number of carbonyl (C=O) groups is 1. The van der Waals surface area contributed by atoms with E-state index in [-0.39, 0.29) is 13.0 Å². The number of hydrogen-bond acceptors (Lipinski definition) is 11. The number of aliphatic hydroxyl groups is 5. The van der Waals surface area contributed by atoms with Gasteiger partial charge in [-0.15, -0.1) is 0 Å². The summed E-state index contributed by atoms with van der Waals surface area (Å²) in [6.07, 6.45) is 26.1. The molecule has 0 bridgehead atoms. The van der Waals surface area contributed by atoms with Crippen molar-refractivity contribution in [1.82, 2.24) is 0 Å². The summed E-state index contributed by atoms with van der Waals surface area (Å²) in [4.78, 5) is 23.0. The average Bonchev–Trinajstić information content (AvgIpc) is 3.17. The molecule has 55 heavy (non-hydrogen) atoms. The van der Waals surface area contributed by atoms with Crippen molar-refractivity contribution in [3.05, 3.63) is 48.6 Å². The Kier molecular flexibility index (Phi) is 31.1. The molecule has 1 saturated carbocycles. The van der Waals surface area contributed by atoms with Crippen molar-refractivity contribution in [2.24, 2.45) is 0 Å². The molecule has 1 aliphatic rings. The fraction of sp³-hybridized carbons (Fsp3) is 0.786.